The van der Waals surface area contributed by atoms with E-state index in [0.717, 1.165) is 13.1 Å². The molecular weight excluding hydrogens is 468 g/mol. The number of amides is 1. The van der Waals surface area contributed by atoms with Crippen LogP contribution in [0.1, 0.15) is 17.3 Å². The number of nitrogens with zero attached hydrogens (tertiary/aromatic N) is 4. The number of β-amino-alcohol motifs (C(OH)–C–C–N with tert-alkyl or cyclic N) is 1. The van der Waals surface area contributed by atoms with E-state index in [-0.39, 0.29) is 47.2 Å². The number of carbonyl (C=O) groups is 1. The summed E-state index contributed by atoms with van der Waals surface area (Å²) in [6.45, 7) is 5.13. The maximum Gasteiger partial charge on any atom is 0.263 e. The van der Waals surface area contributed by atoms with Gasteiger partial charge in [0, 0.05) is 38.6 Å². The van der Waals surface area contributed by atoms with Crippen LogP contribution in [-0.4, -0.2) is 83.1 Å². The van der Waals surface area contributed by atoms with Gasteiger partial charge in [0.05, 0.1) is 37.0 Å². The summed E-state index contributed by atoms with van der Waals surface area (Å²) in [6, 6.07) is 4.71. The molecule has 1 saturated heterocycles. The van der Waals surface area contributed by atoms with Gasteiger partial charge in [0.2, 0.25) is 5.95 Å². The number of methoxy groups -OCH3 is 1. The molecule has 36 heavy (non-hydrogen) atoms. The van der Waals surface area contributed by atoms with Crippen LogP contribution >= 0.6 is 0 Å². The Bertz CT molecular complexity index is 1280. The van der Waals surface area contributed by atoms with Crippen LogP contribution in [0.3, 0.4) is 0 Å². The second kappa shape index (κ2) is 11.3. The van der Waals surface area contributed by atoms with Gasteiger partial charge in [-0.15, -0.1) is 0 Å². The molecule has 1 atom stereocenters. The lowest BCUT2D eigenvalue weighted by Crippen LogP contribution is -2.42. The standard InChI is InChI=1S/C24H30N6O6/c1-3-30-23(33)17-11-18(25)20(36-14-16(31)13-29-7-9-35-10-8-29)21(34-2)19(17)27-24(30)28-22(32)15-5-4-6-26-12-15/h4-6,11-12,16,31H,3,7-10,13-14,25H2,1-2H3,(H,27,28,32)/t16-/m0/s1. The van der Waals surface area contributed by atoms with Gasteiger partial charge >= 0.3 is 0 Å². The van der Waals surface area contributed by atoms with Crippen LogP contribution in [0.2, 0.25) is 0 Å². The van der Waals surface area contributed by atoms with E-state index in [4.69, 9.17) is 19.9 Å². The zero-order valence-electron chi connectivity index (χ0n) is 20.3. The Morgan fingerprint density at radius 1 is 1.33 bits per heavy atom. The molecule has 0 radical (unpaired) electrons. The van der Waals surface area contributed by atoms with Gasteiger partial charge in [0.15, 0.2) is 11.5 Å². The lowest BCUT2D eigenvalue weighted by atomic mass is 10.1. The first kappa shape index (κ1) is 25.4. The number of aliphatic hydroxyl groups is 1. The van der Waals surface area contributed by atoms with E-state index >= 15 is 0 Å². The number of hydrogen-bond acceptors (Lipinski definition) is 10. The third-order valence-electron chi connectivity index (χ3n) is 5.85. The molecule has 0 saturated carbocycles. The molecule has 0 bridgehead atoms. The summed E-state index contributed by atoms with van der Waals surface area (Å²) >= 11 is 0. The Balaban J connectivity index is 1.65. The van der Waals surface area contributed by atoms with Crippen LogP contribution in [0.25, 0.3) is 10.9 Å². The summed E-state index contributed by atoms with van der Waals surface area (Å²) in [5.41, 5.74) is 6.50. The largest absolute Gasteiger partial charge is 0.491 e. The monoisotopic (exact) mass is 498 g/mol. The summed E-state index contributed by atoms with van der Waals surface area (Å²) in [6.07, 6.45) is 2.19. The summed E-state index contributed by atoms with van der Waals surface area (Å²) in [5.74, 6) is -0.114. The van der Waals surface area contributed by atoms with Crippen molar-refractivity contribution in [3.05, 3.63) is 46.5 Å². The van der Waals surface area contributed by atoms with Crippen molar-refractivity contribution in [2.75, 3.05) is 57.6 Å². The highest BCUT2D eigenvalue weighted by atomic mass is 16.5. The minimum Gasteiger partial charge on any atom is -0.491 e. The van der Waals surface area contributed by atoms with Crippen molar-refractivity contribution >= 4 is 28.4 Å². The lowest BCUT2D eigenvalue weighted by molar-refractivity contribution is 0.00455. The third kappa shape index (κ3) is 5.40. The van der Waals surface area contributed by atoms with Crippen molar-refractivity contribution in [3.8, 4) is 11.5 Å². The van der Waals surface area contributed by atoms with Gasteiger partial charge < -0.3 is 25.1 Å². The number of aliphatic hydroxyl groups excluding tert-OH is 1. The van der Waals surface area contributed by atoms with Gasteiger partial charge in [-0.1, -0.05) is 0 Å². The fourth-order valence-electron chi connectivity index (χ4n) is 4.04. The minimum absolute atomic E-state index is 0.0416. The van der Waals surface area contributed by atoms with Crippen molar-refractivity contribution in [1.82, 2.24) is 19.4 Å². The zero-order valence-corrected chi connectivity index (χ0v) is 20.3. The van der Waals surface area contributed by atoms with Gasteiger partial charge in [-0.25, -0.2) is 4.98 Å². The van der Waals surface area contributed by atoms with E-state index in [1.807, 2.05) is 0 Å². The Kier molecular flexibility index (Phi) is 7.98. The highest BCUT2D eigenvalue weighted by Gasteiger charge is 2.23. The summed E-state index contributed by atoms with van der Waals surface area (Å²) in [4.78, 5) is 36.6. The number of nitrogens with one attached hydrogen (secondary N) is 1. The number of morpholine rings is 1. The van der Waals surface area contributed by atoms with Crippen molar-refractivity contribution in [2.45, 2.75) is 19.6 Å². The molecule has 1 fully saturated rings. The maximum absolute atomic E-state index is 13.3. The number of anilines is 2. The van der Waals surface area contributed by atoms with Crippen molar-refractivity contribution in [1.29, 1.82) is 0 Å². The van der Waals surface area contributed by atoms with E-state index in [9.17, 15) is 14.7 Å². The van der Waals surface area contributed by atoms with Gasteiger partial charge in [-0.05, 0) is 25.1 Å². The number of fused-ring (bicyclic) bond motifs is 1. The van der Waals surface area contributed by atoms with Gasteiger partial charge in [-0.2, -0.15) is 0 Å². The average Bonchev–Trinajstić information content (AvgIpc) is 2.89. The lowest BCUT2D eigenvalue weighted by Gasteiger charge is -2.28. The number of rotatable bonds is 9. The highest BCUT2D eigenvalue weighted by Crippen LogP contribution is 2.39. The molecule has 1 aliphatic rings. The summed E-state index contributed by atoms with van der Waals surface area (Å²) in [5, 5.41) is 13.4. The number of pyridine rings is 1. The molecule has 1 aliphatic heterocycles. The molecule has 3 heterocycles. The van der Waals surface area contributed by atoms with Crippen molar-refractivity contribution in [3.63, 3.8) is 0 Å². The minimum atomic E-state index is -0.779. The third-order valence-corrected chi connectivity index (χ3v) is 5.85. The van der Waals surface area contributed by atoms with Crippen molar-refractivity contribution < 1.29 is 24.1 Å². The molecule has 0 unspecified atom stereocenters. The number of ether oxygens (including phenoxy) is 3. The van der Waals surface area contributed by atoms with E-state index in [0.29, 0.717) is 25.3 Å². The fourth-order valence-corrected chi connectivity index (χ4v) is 4.04. The van der Waals surface area contributed by atoms with Crippen LogP contribution < -0.4 is 26.1 Å². The molecule has 2 aromatic heterocycles. The number of benzene rings is 1. The van der Waals surface area contributed by atoms with E-state index in [2.05, 4.69) is 20.2 Å². The Morgan fingerprint density at radius 3 is 2.78 bits per heavy atom. The Hall–Kier alpha value is -3.74. The topological polar surface area (TPSA) is 154 Å². The van der Waals surface area contributed by atoms with Crippen LogP contribution in [-0.2, 0) is 11.3 Å². The molecule has 0 aliphatic carbocycles. The second-order valence-corrected chi connectivity index (χ2v) is 8.28. The maximum atomic E-state index is 13.3. The van der Waals surface area contributed by atoms with Gasteiger partial charge in [-0.3, -0.25) is 29.4 Å². The first-order valence-corrected chi connectivity index (χ1v) is 11.7. The first-order chi connectivity index (χ1) is 17.4. The number of aromatic nitrogens is 3. The molecule has 12 nitrogen and oxygen atoms in total. The van der Waals surface area contributed by atoms with E-state index < -0.39 is 17.6 Å². The number of carbonyl (C=O) groups excluding carboxylic acids is 1. The molecule has 4 rings (SSSR count). The van der Waals surface area contributed by atoms with E-state index in [1.165, 1.54) is 23.9 Å². The molecule has 4 N–H and O–H groups in total. The second-order valence-electron chi connectivity index (χ2n) is 8.28. The average molecular weight is 499 g/mol. The predicted molar refractivity (Wildman–Crippen MR) is 134 cm³/mol. The van der Waals surface area contributed by atoms with Gasteiger partial charge in [0.1, 0.15) is 18.2 Å². The Morgan fingerprint density at radius 2 is 2.11 bits per heavy atom. The quantitative estimate of drug-likeness (QED) is 0.360. The first-order valence-electron chi connectivity index (χ1n) is 11.7. The predicted octanol–water partition coefficient (Wildman–Crippen LogP) is 0.726. The van der Waals surface area contributed by atoms with Crippen LogP contribution in [0.5, 0.6) is 11.5 Å². The molecule has 3 aromatic rings. The molecule has 1 aromatic carbocycles. The smallest absolute Gasteiger partial charge is 0.263 e. The zero-order chi connectivity index (χ0) is 25.7. The van der Waals surface area contributed by atoms with Crippen LogP contribution in [0.4, 0.5) is 11.6 Å². The molecule has 0 spiro atoms. The molecule has 12 heteroatoms. The highest BCUT2D eigenvalue weighted by molar-refractivity contribution is 6.03. The summed E-state index contributed by atoms with van der Waals surface area (Å²) < 4.78 is 18.1. The number of nitrogens with two attached hydrogens (primary N) is 1. The SMILES string of the molecule is CCn1c(NC(=O)c2cccnc2)nc2c(OC)c(OC[C@@H](O)CN3CCOCC3)c(N)cc2c1=O. The normalized spacial score (nSPS) is 15.0. The fraction of sp³-hybridized carbons (Fsp3) is 0.417. The Labute approximate surface area is 207 Å². The molecule has 192 valence electrons. The molecule has 1 amide bonds. The van der Waals surface area contributed by atoms with E-state index in [1.54, 1.807) is 25.3 Å². The number of nitrogen functional groups attached to an aromatic ring is 1. The molecular formula is C24H30N6O6. The van der Waals surface area contributed by atoms with Crippen LogP contribution in [0, 0.1) is 0 Å². The summed E-state index contributed by atoms with van der Waals surface area (Å²) in [7, 11) is 1.41. The number of hydrogen-bond donors (Lipinski definition) is 3. The van der Waals surface area contributed by atoms with Crippen molar-refractivity contribution in [2.24, 2.45) is 0 Å². The van der Waals surface area contributed by atoms with Crippen LogP contribution in [0.15, 0.2) is 35.4 Å². The van der Waals surface area contributed by atoms with Gasteiger partial charge in [0.25, 0.3) is 11.5 Å².